The number of fused-ring (bicyclic) bond motifs is 2. The summed E-state index contributed by atoms with van der Waals surface area (Å²) in [6.45, 7) is 5.81. The van der Waals surface area contributed by atoms with Crippen LogP contribution in [-0.2, 0) is 11.3 Å². The van der Waals surface area contributed by atoms with Crippen molar-refractivity contribution < 1.29 is 9.53 Å². The van der Waals surface area contributed by atoms with Crippen LogP contribution in [0.2, 0.25) is 0 Å². The van der Waals surface area contributed by atoms with Gasteiger partial charge in [0.15, 0.2) is 0 Å². The average molecular weight is 334 g/mol. The summed E-state index contributed by atoms with van der Waals surface area (Å²) >= 11 is 0. The smallest absolute Gasteiger partial charge is 0.235 e. The van der Waals surface area contributed by atoms with Gasteiger partial charge in [-0.2, -0.15) is 0 Å². The molecule has 25 heavy (non-hydrogen) atoms. The first kappa shape index (κ1) is 15.8. The molecule has 2 heterocycles. The van der Waals surface area contributed by atoms with Crippen molar-refractivity contribution in [3.05, 3.63) is 60.3 Å². The molecule has 0 aliphatic carbocycles. The molecule has 1 aliphatic heterocycles. The third-order valence-electron chi connectivity index (χ3n) is 4.62. The molecular formula is C21H22N2O2. The van der Waals surface area contributed by atoms with Gasteiger partial charge >= 0.3 is 0 Å². The predicted molar refractivity (Wildman–Crippen MR) is 100 cm³/mol. The van der Waals surface area contributed by atoms with Crippen molar-refractivity contribution in [3.63, 3.8) is 0 Å². The fourth-order valence-electron chi connectivity index (χ4n) is 3.44. The number of carbonyl (C=O) groups is 1. The number of hydrogen-bond acceptors (Lipinski definition) is 2. The van der Waals surface area contributed by atoms with Gasteiger partial charge in [0.1, 0.15) is 18.3 Å². The maximum atomic E-state index is 12.7. The van der Waals surface area contributed by atoms with Crippen molar-refractivity contribution in [1.82, 2.24) is 4.57 Å². The van der Waals surface area contributed by atoms with E-state index in [1.165, 1.54) is 5.52 Å². The van der Waals surface area contributed by atoms with Crippen LogP contribution in [0.5, 0.6) is 5.75 Å². The fraction of sp³-hybridized carbons (Fsp3) is 0.286. The van der Waals surface area contributed by atoms with Crippen molar-refractivity contribution in [1.29, 1.82) is 0 Å². The van der Waals surface area contributed by atoms with Gasteiger partial charge in [-0.25, -0.2) is 0 Å². The molecule has 4 heteroatoms. The molecule has 0 spiro atoms. The van der Waals surface area contributed by atoms with Crippen LogP contribution >= 0.6 is 0 Å². The lowest BCUT2D eigenvalue weighted by atomic mass is 10.0. The number of amides is 1. The molecule has 0 radical (unpaired) electrons. The molecule has 0 bridgehead atoms. The molecule has 1 unspecified atom stereocenters. The molecule has 0 saturated carbocycles. The molecular weight excluding hydrogens is 312 g/mol. The fourth-order valence-corrected chi connectivity index (χ4v) is 3.44. The van der Waals surface area contributed by atoms with Crippen LogP contribution in [0.1, 0.15) is 25.3 Å². The zero-order chi connectivity index (χ0) is 17.4. The van der Waals surface area contributed by atoms with Gasteiger partial charge in [0.25, 0.3) is 0 Å². The van der Waals surface area contributed by atoms with E-state index >= 15 is 0 Å². The quantitative estimate of drug-likeness (QED) is 0.768. The first-order valence-corrected chi connectivity index (χ1v) is 8.73. The molecule has 1 N–H and O–H groups in total. The number of ether oxygens (including phenoxy) is 1. The lowest BCUT2D eigenvalue weighted by molar-refractivity contribution is -0.117. The van der Waals surface area contributed by atoms with E-state index in [1.807, 2.05) is 36.4 Å². The summed E-state index contributed by atoms with van der Waals surface area (Å²) in [5, 5.41) is 4.18. The highest BCUT2D eigenvalue weighted by Crippen LogP contribution is 2.34. The number of benzene rings is 2. The summed E-state index contributed by atoms with van der Waals surface area (Å²) in [4.78, 5) is 12.7. The number of para-hydroxylation sites is 1. The van der Waals surface area contributed by atoms with Gasteiger partial charge in [0.2, 0.25) is 5.91 Å². The summed E-state index contributed by atoms with van der Waals surface area (Å²) < 4.78 is 7.87. The summed E-state index contributed by atoms with van der Waals surface area (Å²) in [7, 11) is 0. The Kier molecular flexibility index (Phi) is 3.96. The summed E-state index contributed by atoms with van der Waals surface area (Å²) in [6, 6.07) is 15.9. The van der Waals surface area contributed by atoms with Gasteiger partial charge in [-0.3, -0.25) is 4.79 Å². The highest BCUT2D eigenvalue weighted by molar-refractivity contribution is 5.98. The van der Waals surface area contributed by atoms with Crippen molar-refractivity contribution in [2.45, 2.75) is 26.3 Å². The van der Waals surface area contributed by atoms with E-state index in [2.05, 4.69) is 42.1 Å². The molecule has 1 aromatic heterocycles. The van der Waals surface area contributed by atoms with Crippen LogP contribution in [0.15, 0.2) is 54.7 Å². The Morgan fingerprint density at radius 2 is 2.08 bits per heavy atom. The van der Waals surface area contributed by atoms with Crippen molar-refractivity contribution >= 4 is 22.5 Å². The second-order valence-corrected chi connectivity index (χ2v) is 7.03. The summed E-state index contributed by atoms with van der Waals surface area (Å²) in [5.41, 5.74) is 2.98. The van der Waals surface area contributed by atoms with Crippen LogP contribution < -0.4 is 10.1 Å². The number of aromatic nitrogens is 1. The Labute approximate surface area is 147 Å². The highest BCUT2D eigenvalue weighted by Gasteiger charge is 2.30. The Bertz CT molecular complexity index is 927. The van der Waals surface area contributed by atoms with Gasteiger partial charge in [-0.15, -0.1) is 0 Å². The Balaban J connectivity index is 1.54. The first-order valence-electron chi connectivity index (χ1n) is 8.73. The van der Waals surface area contributed by atoms with Crippen LogP contribution in [0.25, 0.3) is 10.9 Å². The molecule has 128 valence electrons. The molecule has 3 aromatic rings. The number of nitrogens with zero attached hydrogens (tertiary/aromatic N) is 1. The van der Waals surface area contributed by atoms with Crippen molar-refractivity contribution in [2.24, 2.45) is 5.92 Å². The normalized spacial score (nSPS) is 16.0. The van der Waals surface area contributed by atoms with E-state index in [0.29, 0.717) is 12.5 Å². The SMILES string of the molecule is CC(C)Cn1ccc2cc(NC(=O)C3COc4ccccc43)ccc21. The minimum Gasteiger partial charge on any atom is -0.492 e. The van der Waals surface area contributed by atoms with Gasteiger partial charge in [0.05, 0.1) is 0 Å². The lowest BCUT2D eigenvalue weighted by Gasteiger charge is -2.11. The Morgan fingerprint density at radius 3 is 2.92 bits per heavy atom. The number of rotatable bonds is 4. The van der Waals surface area contributed by atoms with Gasteiger partial charge in [0, 0.05) is 34.9 Å². The lowest BCUT2D eigenvalue weighted by Crippen LogP contribution is -2.22. The molecule has 0 saturated heterocycles. The third-order valence-corrected chi connectivity index (χ3v) is 4.62. The number of nitrogens with one attached hydrogen (secondary N) is 1. The number of carbonyl (C=O) groups excluding carboxylic acids is 1. The Morgan fingerprint density at radius 1 is 1.24 bits per heavy atom. The van der Waals surface area contributed by atoms with Crippen LogP contribution in [0.3, 0.4) is 0 Å². The third kappa shape index (κ3) is 3.00. The van der Waals surface area contributed by atoms with Crippen LogP contribution in [-0.4, -0.2) is 17.1 Å². The van der Waals surface area contributed by atoms with E-state index in [-0.39, 0.29) is 11.8 Å². The topological polar surface area (TPSA) is 43.3 Å². The van der Waals surface area contributed by atoms with E-state index in [4.69, 9.17) is 4.74 Å². The van der Waals surface area contributed by atoms with Crippen molar-refractivity contribution in [3.8, 4) is 5.75 Å². The van der Waals surface area contributed by atoms with E-state index in [9.17, 15) is 4.79 Å². The molecule has 1 atom stereocenters. The zero-order valence-electron chi connectivity index (χ0n) is 14.5. The molecule has 1 amide bonds. The molecule has 4 nitrogen and oxygen atoms in total. The van der Waals surface area contributed by atoms with Crippen LogP contribution in [0.4, 0.5) is 5.69 Å². The van der Waals surface area contributed by atoms with Gasteiger partial charge in [-0.05, 0) is 36.2 Å². The summed E-state index contributed by atoms with van der Waals surface area (Å²) in [6.07, 6.45) is 2.11. The Hall–Kier alpha value is -2.75. The number of anilines is 1. The second-order valence-electron chi connectivity index (χ2n) is 7.03. The minimum absolute atomic E-state index is 0.0223. The zero-order valence-corrected chi connectivity index (χ0v) is 14.5. The summed E-state index contributed by atoms with van der Waals surface area (Å²) in [5.74, 6) is 1.13. The molecule has 4 rings (SSSR count). The standard InChI is InChI=1S/C21H22N2O2/c1-14(2)12-23-10-9-15-11-16(7-8-19(15)23)22-21(24)18-13-25-20-6-4-3-5-17(18)20/h3-11,14,18H,12-13H2,1-2H3,(H,22,24). The van der Waals surface area contributed by atoms with Gasteiger partial charge in [-0.1, -0.05) is 32.0 Å². The van der Waals surface area contributed by atoms with Crippen LogP contribution in [0, 0.1) is 5.92 Å². The first-order chi connectivity index (χ1) is 12.1. The molecule has 0 fully saturated rings. The highest BCUT2D eigenvalue weighted by atomic mass is 16.5. The minimum atomic E-state index is -0.252. The van der Waals surface area contributed by atoms with Crippen molar-refractivity contribution in [2.75, 3.05) is 11.9 Å². The maximum Gasteiger partial charge on any atom is 0.235 e. The van der Waals surface area contributed by atoms with E-state index in [1.54, 1.807) is 0 Å². The van der Waals surface area contributed by atoms with E-state index in [0.717, 1.165) is 28.9 Å². The van der Waals surface area contributed by atoms with Gasteiger partial charge < -0.3 is 14.6 Å². The second kappa shape index (κ2) is 6.28. The predicted octanol–water partition coefficient (Wildman–Crippen LogP) is 4.41. The van der Waals surface area contributed by atoms with E-state index < -0.39 is 0 Å². The maximum absolute atomic E-state index is 12.7. The number of hydrogen-bond donors (Lipinski definition) is 1. The monoisotopic (exact) mass is 334 g/mol. The average Bonchev–Trinajstić information content (AvgIpc) is 3.18. The molecule has 1 aliphatic rings. The largest absolute Gasteiger partial charge is 0.492 e. The molecule has 2 aromatic carbocycles.